The molecule has 9 heteroatoms. The number of nitrogens with zero attached hydrogens (tertiary/aromatic N) is 2. The number of hydrogen-bond acceptors (Lipinski definition) is 6. The summed E-state index contributed by atoms with van der Waals surface area (Å²) in [6.07, 6.45) is 1.62. The summed E-state index contributed by atoms with van der Waals surface area (Å²) in [6.45, 7) is 0.288. The monoisotopic (exact) mass is 464 g/mol. The molecule has 1 aliphatic rings. The van der Waals surface area contributed by atoms with Gasteiger partial charge in [0.05, 0.1) is 16.4 Å². The number of amides is 2. The molecular formula is C24H17FN2O5S. The van der Waals surface area contributed by atoms with Gasteiger partial charge in [-0.25, -0.2) is 4.39 Å². The summed E-state index contributed by atoms with van der Waals surface area (Å²) in [5.74, 6) is -0.248. The average molecular weight is 464 g/mol. The van der Waals surface area contributed by atoms with E-state index in [-0.39, 0.29) is 34.8 Å². The SMILES string of the molecule is O=C1S/C(=C/c2cccc(OCc3ccc([N+](=O)[O-])cc3)c2)C(=O)N1Cc1ccc(F)cc1. The minimum absolute atomic E-state index is 0.00845. The molecule has 0 N–H and O–H groups in total. The maximum atomic E-state index is 13.1. The van der Waals surface area contributed by atoms with Crippen LogP contribution in [0.5, 0.6) is 5.75 Å². The van der Waals surface area contributed by atoms with Crippen LogP contribution in [0.4, 0.5) is 14.9 Å². The first-order valence-corrected chi connectivity index (χ1v) is 10.7. The van der Waals surface area contributed by atoms with Gasteiger partial charge in [-0.2, -0.15) is 0 Å². The van der Waals surface area contributed by atoms with Gasteiger partial charge in [-0.15, -0.1) is 0 Å². The Bertz CT molecular complexity index is 1240. The van der Waals surface area contributed by atoms with Gasteiger partial charge in [0, 0.05) is 12.1 Å². The van der Waals surface area contributed by atoms with Gasteiger partial charge in [0.2, 0.25) is 0 Å². The summed E-state index contributed by atoms with van der Waals surface area (Å²) in [5, 5.41) is 10.4. The third-order valence-corrected chi connectivity index (χ3v) is 5.74. The molecular weight excluding hydrogens is 447 g/mol. The molecule has 1 fully saturated rings. The number of nitro groups is 1. The molecule has 7 nitrogen and oxygen atoms in total. The van der Waals surface area contributed by atoms with Gasteiger partial charge in [0.25, 0.3) is 16.8 Å². The van der Waals surface area contributed by atoms with E-state index < -0.39 is 10.8 Å². The van der Waals surface area contributed by atoms with E-state index >= 15 is 0 Å². The highest BCUT2D eigenvalue weighted by Gasteiger charge is 2.34. The van der Waals surface area contributed by atoms with Gasteiger partial charge in [0.15, 0.2) is 0 Å². The third-order valence-electron chi connectivity index (χ3n) is 4.84. The number of non-ortho nitro benzene ring substituents is 1. The molecule has 0 unspecified atom stereocenters. The van der Waals surface area contributed by atoms with E-state index in [2.05, 4.69) is 0 Å². The Balaban J connectivity index is 1.43. The predicted octanol–water partition coefficient (Wildman–Crippen LogP) is 5.55. The molecule has 33 heavy (non-hydrogen) atoms. The van der Waals surface area contributed by atoms with E-state index in [9.17, 15) is 24.1 Å². The number of benzene rings is 3. The van der Waals surface area contributed by atoms with Crippen LogP contribution in [0.3, 0.4) is 0 Å². The standard InChI is InChI=1S/C24H17FN2O5S/c25-19-8-4-16(5-9-19)14-26-23(28)22(33-24(26)29)13-18-2-1-3-21(12-18)32-15-17-6-10-20(11-7-17)27(30)31/h1-13H,14-15H2/b22-13+. The molecule has 1 aliphatic heterocycles. The maximum absolute atomic E-state index is 13.1. The number of thioether (sulfide) groups is 1. The summed E-state index contributed by atoms with van der Waals surface area (Å²) in [5.41, 5.74) is 2.12. The van der Waals surface area contributed by atoms with Gasteiger partial charge in [0.1, 0.15) is 18.2 Å². The van der Waals surface area contributed by atoms with Gasteiger partial charge < -0.3 is 4.74 Å². The van der Waals surface area contributed by atoms with Crippen LogP contribution >= 0.6 is 11.8 Å². The van der Waals surface area contributed by atoms with Crippen LogP contribution in [-0.2, 0) is 17.9 Å². The smallest absolute Gasteiger partial charge is 0.293 e. The average Bonchev–Trinajstić information content (AvgIpc) is 3.07. The predicted molar refractivity (Wildman–Crippen MR) is 122 cm³/mol. The lowest BCUT2D eigenvalue weighted by Gasteiger charge is -2.12. The largest absolute Gasteiger partial charge is 0.489 e. The summed E-state index contributed by atoms with van der Waals surface area (Å²) >= 11 is 0.847. The van der Waals surface area contributed by atoms with Crippen LogP contribution in [0, 0.1) is 15.9 Å². The fraction of sp³-hybridized carbons (Fsp3) is 0.0833. The van der Waals surface area contributed by atoms with Crippen molar-refractivity contribution in [3.63, 3.8) is 0 Å². The number of nitro benzene ring substituents is 1. The highest BCUT2D eigenvalue weighted by Crippen LogP contribution is 2.33. The molecule has 1 heterocycles. The maximum Gasteiger partial charge on any atom is 0.293 e. The minimum atomic E-state index is -0.463. The Hall–Kier alpha value is -3.98. The van der Waals surface area contributed by atoms with Crippen molar-refractivity contribution in [3.8, 4) is 5.75 Å². The number of halogens is 1. The van der Waals surface area contributed by atoms with E-state index in [4.69, 9.17) is 4.74 Å². The van der Waals surface area contributed by atoms with E-state index in [1.165, 1.54) is 36.4 Å². The van der Waals surface area contributed by atoms with Crippen molar-refractivity contribution in [2.45, 2.75) is 13.2 Å². The molecule has 4 rings (SSSR count). The molecule has 0 bridgehead atoms. The zero-order chi connectivity index (χ0) is 23.4. The Morgan fingerprint density at radius 1 is 1.00 bits per heavy atom. The van der Waals surface area contributed by atoms with Crippen LogP contribution < -0.4 is 4.74 Å². The zero-order valence-corrected chi connectivity index (χ0v) is 18.0. The molecule has 2 amide bonds. The van der Waals surface area contributed by atoms with E-state index in [0.29, 0.717) is 16.9 Å². The topological polar surface area (TPSA) is 89.7 Å². The van der Waals surface area contributed by atoms with Gasteiger partial charge >= 0.3 is 0 Å². The van der Waals surface area contributed by atoms with Crippen LogP contribution in [-0.4, -0.2) is 21.0 Å². The molecule has 3 aromatic carbocycles. The number of carbonyl (C=O) groups is 2. The summed E-state index contributed by atoms with van der Waals surface area (Å²) in [6, 6.07) is 18.8. The molecule has 0 radical (unpaired) electrons. The highest BCUT2D eigenvalue weighted by atomic mass is 32.2. The molecule has 0 atom stereocenters. The number of carbonyl (C=O) groups excluding carboxylic acids is 2. The molecule has 0 saturated carbocycles. The number of rotatable bonds is 7. The summed E-state index contributed by atoms with van der Waals surface area (Å²) in [7, 11) is 0. The first-order valence-electron chi connectivity index (χ1n) is 9.85. The van der Waals surface area contributed by atoms with Gasteiger partial charge in [-0.05, 0) is 70.9 Å². The van der Waals surface area contributed by atoms with Gasteiger partial charge in [-0.3, -0.25) is 24.6 Å². The normalized spacial score (nSPS) is 14.7. The van der Waals surface area contributed by atoms with Crippen LogP contribution in [0.15, 0.2) is 77.7 Å². The second-order valence-corrected chi connectivity index (χ2v) is 8.17. The van der Waals surface area contributed by atoms with E-state index in [0.717, 1.165) is 22.2 Å². The second kappa shape index (κ2) is 9.66. The lowest BCUT2D eigenvalue weighted by atomic mass is 10.2. The fourth-order valence-corrected chi connectivity index (χ4v) is 3.97. The Kier molecular flexibility index (Phi) is 6.50. The summed E-state index contributed by atoms with van der Waals surface area (Å²) < 4.78 is 18.8. The van der Waals surface area contributed by atoms with Crippen LogP contribution in [0.1, 0.15) is 16.7 Å². The fourth-order valence-electron chi connectivity index (χ4n) is 3.13. The van der Waals surface area contributed by atoms with Crippen molar-refractivity contribution in [1.29, 1.82) is 0 Å². The van der Waals surface area contributed by atoms with E-state index in [1.807, 2.05) is 0 Å². The van der Waals surface area contributed by atoms with Crippen molar-refractivity contribution in [1.82, 2.24) is 4.90 Å². The third kappa shape index (κ3) is 5.45. The van der Waals surface area contributed by atoms with Crippen molar-refractivity contribution < 1.29 is 23.6 Å². The molecule has 0 spiro atoms. The number of hydrogen-bond donors (Lipinski definition) is 0. The van der Waals surface area contributed by atoms with Crippen molar-refractivity contribution in [2.75, 3.05) is 0 Å². The molecule has 3 aromatic rings. The lowest BCUT2D eigenvalue weighted by molar-refractivity contribution is -0.384. The van der Waals surface area contributed by atoms with Gasteiger partial charge in [-0.1, -0.05) is 24.3 Å². The quantitative estimate of drug-likeness (QED) is 0.259. The highest BCUT2D eigenvalue weighted by molar-refractivity contribution is 8.18. The Morgan fingerprint density at radius 3 is 2.39 bits per heavy atom. The molecule has 166 valence electrons. The Morgan fingerprint density at radius 2 is 1.70 bits per heavy atom. The number of ether oxygens (including phenoxy) is 1. The van der Waals surface area contributed by atoms with Crippen LogP contribution in [0.25, 0.3) is 6.08 Å². The lowest BCUT2D eigenvalue weighted by Crippen LogP contribution is -2.27. The van der Waals surface area contributed by atoms with Crippen LogP contribution in [0.2, 0.25) is 0 Å². The van der Waals surface area contributed by atoms with Crippen molar-refractivity contribution >= 4 is 34.7 Å². The van der Waals surface area contributed by atoms with Crippen molar-refractivity contribution in [3.05, 3.63) is 110 Å². The first kappa shape index (κ1) is 22.2. The van der Waals surface area contributed by atoms with E-state index in [1.54, 1.807) is 42.5 Å². The zero-order valence-electron chi connectivity index (χ0n) is 17.1. The van der Waals surface area contributed by atoms with Crippen molar-refractivity contribution in [2.24, 2.45) is 0 Å². The minimum Gasteiger partial charge on any atom is -0.489 e. The molecule has 0 aromatic heterocycles. The summed E-state index contributed by atoms with van der Waals surface area (Å²) in [4.78, 5) is 36.8. The number of imide groups is 1. The molecule has 1 saturated heterocycles. The second-order valence-electron chi connectivity index (χ2n) is 7.18. The molecule has 0 aliphatic carbocycles. The Labute approximate surface area is 192 Å². The first-order chi connectivity index (χ1) is 15.9.